The van der Waals surface area contributed by atoms with E-state index in [0.717, 1.165) is 16.3 Å². The molecule has 0 fully saturated rings. The molecule has 0 aliphatic carbocycles. The van der Waals surface area contributed by atoms with Crippen LogP contribution < -0.4 is 23.2 Å². The van der Waals surface area contributed by atoms with E-state index in [9.17, 15) is 0 Å². The van der Waals surface area contributed by atoms with Gasteiger partial charge in [-0.2, -0.15) is 4.57 Å². The van der Waals surface area contributed by atoms with Crippen LogP contribution in [0.3, 0.4) is 0 Å². The summed E-state index contributed by atoms with van der Waals surface area (Å²) < 4.78 is 36.0. The molecule has 1 aromatic heterocycles. The van der Waals surface area contributed by atoms with Gasteiger partial charge in [-0.05, 0) is 11.6 Å². The fourth-order valence-electron chi connectivity index (χ4n) is 1.56. The first kappa shape index (κ1) is 18.3. The Balaban J connectivity index is 0.000000422. The van der Waals surface area contributed by atoms with E-state index in [4.69, 9.17) is 30.2 Å². The van der Waals surface area contributed by atoms with Crippen molar-refractivity contribution in [1.82, 2.24) is 0 Å². The van der Waals surface area contributed by atoms with Crippen molar-refractivity contribution >= 4 is 23.4 Å². The molecule has 0 unspecified atom stereocenters. The molecular formula is C15H13Cl2NO4. The van der Waals surface area contributed by atoms with E-state index in [2.05, 4.69) is 6.58 Å². The third-order valence-electron chi connectivity index (χ3n) is 2.43. The number of halogens is 2. The molecule has 0 aliphatic rings. The van der Waals surface area contributed by atoms with Crippen LogP contribution in [0.25, 0.3) is 11.8 Å². The van der Waals surface area contributed by atoms with E-state index < -0.39 is 10.2 Å². The molecule has 0 radical (unpaired) electrons. The lowest BCUT2D eigenvalue weighted by atomic mass is 10.2. The molecule has 0 saturated carbocycles. The smallest absolute Gasteiger partial charge is 0.210 e. The summed E-state index contributed by atoms with van der Waals surface area (Å²) in [5, 5.41) is 0.739. The van der Waals surface area contributed by atoms with Crippen LogP contribution in [0, 0.1) is 10.2 Å². The van der Waals surface area contributed by atoms with E-state index in [-0.39, 0.29) is 0 Å². The lowest BCUT2D eigenvalue weighted by Crippen LogP contribution is -2.68. The van der Waals surface area contributed by atoms with E-state index in [0.29, 0.717) is 0 Å². The quantitative estimate of drug-likeness (QED) is 0.531. The second-order valence-corrected chi connectivity index (χ2v) is 5.12. The summed E-state index contributed by atoms with van der Waals surface area (Å²) in [5.74, 6) is 0. The highest BCUT2D eigenvalue weighted by Gasteiger charge is 2.05. The molecule has 1 aromatic carbocycles. The van der Waals surface area contributed by atoms with Gasteiger partial charge in [0.2, 0.25) is 5.70 Å². The molecule has 1 heterocycles. The van der Waals surface area contributed by atoms with Crippen LogP contribution in [0.5, 0.6) is 0 Å². The number of aromatic nitrogens is 1. The standard InChI is InChI=1S/C15H13ClN.ClHO4/c1-2-14(17-10-6-3-7-11-17)12-13-8-4-5-9-15(13)16;2-1(3,4)5/h2-12H,1H2;(H,2,3,4,5)/q+1;/p-1/b14-12+;. The zero-order chi connectivity index (χ0) is 16.6. The first-order valence-corrected chi connectivity index (χ1v) is 7.59. The predicted molar refractivity (Wildman–Crippen MR) is 72.5 cm³/mol. The molecule has 2 rings (SSSR count). The van der Waals surface area contributed by atoms with Crippen molar-refractivity contribution < 1.29 is 33.4 Å². The molecule has 5 nitrogen and oxygen atoms in total. The number of hydrogen-bond donors (Lipinski definition) is 0. The SMILES string of the molecule is C=C/C(=C\c1ccccc1Cl)[n+]1ccccc1.[O-][Cl+3]([O-])([O-])[O-]. The van der Waals surface area contributed by atoms with Crippen LogP contribution in [0.2, 0.25) is 5.02 Å². The first-order chi connectivity index (χ1) is 10.3. The Morgan fingerprint density at radius 1 is 1.00 bits per heavy atom. The Morgan fingerprint density at radius 2 is 1.55 bits per heavy atom. The number of hydrogen-bond acceptors (Lipinski definition) is 4. The van der Waals surface area contributed by atoms with Crippen molar-refractivity contribution in [2.24, 2.45) is 0 Å². The maximum Gasteiger partial charge on any atom is 0.210 e. The van der Waals surface area contributed by atoms with Crippen molar-refractivity contribution in [1.29, 1.82) is 0 Å². The molecule has 0 atom stereocenters. The summed E-state index contributed by atoms with van der Waals surface area (Å²) in [6.45, 7) is 3.83. The molecule has 0 aliphatic heterocycles. The molecule has 2 aromatic rings. The van der Waals surface area contributed by atoms with Crippen molar-refractivity contribution in [3.63, 3.8) is 0 Å². The van der Waals surface area contributed by atoms with Crippen molar-refractivity contribution in [2.75, 3.05) is 0 Å². The Bertz CT molecular complexity index is 633. The average Bonchev–Trinajstić information content (AvgIpc) is 2.46. The monoisotopic (exact) mass is 341 g/mol. The van der Waals surface area contributed by atoms with Crippen LogP contribution in [0.4, 0.5) is 0 Å². The first-order valence-electron chi connectivity index (χ1n) is 5.98. The third-order valence-corrected chi connectivity index (χ3v) is 2.78. The maximum absolute atomic E-state index is 8.49. The van der Waals surface area contributed by atoms with E-state index in [1.54, 1.807) is 0 Å². The molecule has 0 spiro atoms. The van der Waals surface area contributed by atoms with Gasteiger partial charge in [0.1, 0.15) is 0 Å². The molecule has 22 heavy (non-hydrogen) atoms. The zero-order valence-corrected chi connectivity index (χ0v) is 12.9. The Morgan fingerprint density at radius 3 is 2.05 bits per heavy atom. The lowest BCUT2D eigenvalue weighted by molar-refractivity contribution is -2.00. The highest BCUT2D eigenvalue weighted by atomic mass is 35.7. The average molecular weight is 342 g/mol. The Hall–Kier alpha value is -1.73. The number of benzene rings is 1. The minimum atomic E-state index is -4.94. The topological polar surface area (TPSA) is 96.1 Å². The fourth-order valence-corrected chi connectivity index (χ4v) is 1.75. The molecule has 116 valence electrons. The minimum absolute atomic E-state index is 0.739. The van der Waals surface area contributed by atoms with E-state index >= 15 is 0 Å². The van der Waals surface area contributed by atoms with Crippen LogP contribution in [-0.4, -0.2) is 0 Å². The second-order valence-electron chi connectivity index (χ2n) is 3.96. The highest BCUT2D eigenvalue weighted by Crippen LogP contribution is 2.18. The number of pyridine rings is 1. The van der Waals surface area contributed by atoms with Crippen LogP contribution in [0.1, 0.15) is 5.56 Å². The summed E-state index contributed by atoms with van der Waals surface area (Å²) in [6, 6.07) is 13.7. The van der Waals surface area contributed by atoms with Crippen LogP contribution in [-0.2, 0) is 0 Å². The van der Waals surface area contributed by atoms with Gasteiger partial charge in [0, 0.05) is 29.3 Å². The maximum atomic E-state index is 8.49. The van der Waals surface area contributed by atoms with Gasteiger partial charge in [-0.1, -0.05) is 42.4 Å². The summed E-state index contributed by atoms with van der Waals surface area (Å²) >= 11 is 6.12. The van der Waals surface area contributed by atoms with Crippen molar-refractivity contribution in [3.8, 4) is 0 Å². The molecular weight excluding hydrogens is 329 g/mol. The second kappa shape index (κ2) is 8.65. The van der Waals surface area contributed by atoms with Crippen molar-refractivity contribution in [3.05, 3.63) is 78.1 Å². The highest BCUT2D eigenvalue weighted by molar-refractivity contribution is 6.32. The Labute approximate surface area is 135 Å². The summed E-state index contributed by atoms with van der Waals surface area (Å²) in [7, 11) is -4.94. The summed E-state index contributed by atoms with van der Waals surface area (Å²) in [6.07, 6.45) is 7.77. The summed E-state index contributed by atoms with van der Waals surface area (Å²) in [4.78, 5) is 0. The van der Waals surface area contributed by atoms with Crippen molar-refractivity contribution in [2.45, 2.75) is 0 Å². The molecule has 0 saturated heterocycles. The lowest BCUT2D eigenvalue weighted by Gasteiger charge is -2.17. The number of allylic oxidation sites excluding steroid dienone is 2. The molecule has 0 bridgehead atoms. The van der Waals surface area contributed by atoms with Gasteiger partial charge < -0.3 is 0 Å². The molecule has 0 amide bonds. The minimum Gasteiger partial charge on any atom is -0.222 e. The van der Waals surface area contributed by atoms with Gasteiger partial charge >= 0.3 is 0 Å². The number of nitrogens with zero attached hydrogens (tertiary/aromatic N) is 1. The van der Waals surface area contributed by atoms with Crippen LogP contribution >= 0.6 is 11.6 Å². The fraction of sp³-hybridized carbons (Fsp3) is 0. The summed E-state index contributed by atoms with van der Waals surface area (Å²) in [5.41, 5.74) is 1.97. The normalized spacial score (nSPS) is 11.4. The van der Waals surface area contributed by atoms with Gasteiger partial charge in [0.25, 0.3) is 0 Å². The van der Waals surface area contributed by atoms with Gasteiger partial charge in [0.15, 0.2) is 12.4 Å². The van der Waals surface area contributed by atoms with E-state index in [1.165, 1.54) is 0 Å². The van der Waals surface area contributed by atoms with Gasteiger partial charge in [0.05, 0.1) is 0 Å². The molecule has 0 N–H and O–H groups in total. The van der Waals surface area contributed by atoms with Gasteiger partial charge in [-0.3, -0.25) is 0 Å². The molecule has 7 heteroatoms. The Kier molecular flexibility index (Phi) is 7.20. The van der Waals surface area contributed by atoms with Gasteiger partial charge in [-0.15, -0.1) is 10.2 Å². The third kappa shape index (κ3) is 7.33. The largest absolute Gasteiger partial charge is 0.222 e. The van der Waals surface area contributed by atoms with Gasteiger partial charge in [-0.25, -0.2) is 18.6 Å². The number of rotatable bonds is 3. The zero-order valence-electron chi connectivity index (χ0n) is 11.4. The van der Waals surface area contributed by atoms with Crippen LogP contribution in [0.15, 0.2) is 67.5 Å². The predicted octanol–water partition coefficient (Wildman–Crippen LogP) is -0.944. The van der Waals surface area contributed by atoms with E-state index in [1.807, 2.05) is 71.6 Å².